The van der Waals surface area contributed by atoms with Crippen molar-refractivity contribution >= 4 is 29.9 Å². The molecule has 1 atom stereocenters. The first kappa shape index (κ1) is 21.1. The lowest BCUT2D eigenvalue weighted by molar-refractivity contribution is 0.0698. The molecule has 0 aliphatic rings. The number of benzene rings is 1. The Bertz CT molecular complexity index is 402. The summed E-state index contributed by atoms with van der Waals surface area (Å²) in [4.78, 5) is 4.23. The van der Waals surface area contributed by atoms with Gasteiger partial charge in [0.15, 0.2) is 5.96 Å². The maximum Gasteiger partial charge on any atom is 0.191 e. The highest BCUT2D eigenvalue weighted by molar-refractivity contribution is 14.0. The highest BCUT2D eigenvalue weighted by atomic mass is 127. The van der Waals surface area contributed by atoms with E-state index in [9.17, 15) is 0 Å². The highest BCUT2D eigenvalue weighted by Gasteiger charge is 2.06. The zero-order chi connectivity index (χ0) is 15.3. The summed E-state index contributed by atoms with van der Waals surface area (Å²) in [7, 11) is 3.45. The molecule has 0 aliphatic carbocycles. The smallest absolute Gasteiger partial charge is 0.191 e. The van der Waals surface area contributed by atoms with E-state index in [1.165, 1.54) is 5.56 Å². The fourth-order valence-corrected chi connectivity index (χ4v) is 1.85. The summed E-state index contributed by atoms with van der Waals surface area (Å²) < 4.78 is 10.3. The summed E-state index contributed by atoms with van der Waals surface area (Å²) in [6, 6.07) is 10.5. The van der Waals surface area contributed by atoms with Crippen molar-refractivity contribution in [2.45, 2.75) is 19.4 Å². The number of aliphatic imine (C=N–C) groups is 1. The van der Waals surface area contributed by atoms with Gasteiger partial charge in [-0.25, -0.2) is 0 Å². The monoisotopic (exact) mass is 421 g/mol. The zero-order valence-corrected chi connectivity index (χ0v) is 16.0. The molecule has 0 amide bonds. The summed E-state index contributed by atoms with van der Waals surface area (Å²) in [5.74, 6) is 0.809. The van der Waals surface area contributed by atoms with Crippen LogP contribution >= 0.6 is 24.0 Å². The summed E-state index contributed by atoms with van der Waals surface area (Å²) in [6.45, 7) is 4.96. The largest absolute Gasteiger partial charge is 0.382 e. The molecular formula is C16H28IN3O2. The number of nitrogens with zero attached hydrogens (tertiary/aromatic N) is 1. The van der Waals surface area contributed by atoms with Gasteiger partial charge in [-0.05, 0) is 18.9 Å². The van der Waals surface area contributed by atoms with Crippen molar-refractivity contribution < 1.29 is 9.47 Å². The molecule has 126 valence electrons. The van der Waals surface area contributed by atoms with Gasteiger partial charge in [-0.15, -0.1) is 24.0 Å². The van der Waals surface area contributed by atoms with Crippen LogP contribution in [-0.2, 0) is 9.47 Å². The van der Waals surface area contributed by atoms with Crippen molar-refractivity contribution in [3.05, 3.63) is 35.9 Å². The topological polar surface area (TPSA) is 54.9 Å². The third-order valence-electron chi connectivity index (χ3n) is 3.07. The highest BCUT2D eigenvalue weighted by Crippen LogP contribution is 2.10. The van der Waals surface area contributed by atoms with Crippen molar-refractivity contribution in [2.75, 3.05) is 40.5 Å². The second-order valence-corrected chi connectivity index (χ2v) is 4.73. The van der Waals surface area contributed by atoms with E-state index in [0.29, 0.717) is 13.2 Å². The van der Waals surface area contributed by atoms with Crippen LogP contribution in [0.3, 0.4) is 0 Å². The lowest BCUT2D eigenvalue weighted by Gasteiger charge is -2.18. The third kappa shape index (κ3) is 9.22. The van der Waals surface area contributed by atoms with Crippen molar-refractivity contribution in [1.29, 1.82) is 0 Å². The number of nitrogens with one attached hydrogen (secondary N) is 2. The van der Waals surface area contributed by atoms with Crippen LogP contribution in [0.25, 0.3) is 0 Å². The molecule has 1 unspecified atom stereocenters. The number of rotatable bonds is 9. The predicted molar refractivity (Wildman–Crippen MR) is 102 cm³/mol. The first-order valence-electron chi connectivity index (χ1n) is 7.36. The average Bonchev–Trinajstić information content (AvgIpc) is 2.53. The molecule has 5 nitrogen and oxygen atoms in total. The number of hydrogen-bond acceptors (Lipinski definition) is 3. The van der Waals surface area contributed by atoms with Crippen LogP contribution < -0.4 is 10.6 Å². The van der Waals surface area contributed by atoms with Crippen LogP contribution in [0.15, 0.2) is 35.3 Å². The zero-order valence-electron chi connectivity index (χ0n) is 13.7. The van der Waals surface area contributed by atoms with E-state index in [1.54, 1.807) is 14.2 Å². The number of ether oxygens (including phenoxy) is 2. The van der Waals surface area contributed by atoms with Crippen LogP contribution in [0.4, 0.5) is 0 Å². The molecule has 1 aromatic rings. The number of methoxy groups -OCH3 is 1. The van der Waals surface area contributed by atoms with Gasteiger partial charge in [-0.3, -0.25) is 4.99 Å². The normalized spacial score (nSPS) is 12.4. The van der Waals surface area contributed by atoms with Gasteiger partial charge in [0.2, 0.25) is 0 Å². The van der Waals surface area contributed by atoms with Gasteiger partial charge in [-0.2, -0.15) is 0 Å². The molecule has 0 bridgehead atoms. The molecular weight excluding hydrogens is 393 g/mol. The predicted octanol–water partition coefficient (Wildman–Crippen LogP) is 2.58. The Morgan fingerprint density at radius 3 is 2.55 bits per heavy atom. The van der Waals surface area contributed by atoms with Crippen LogP contribution in [0.5, 0.6) is 0 Å². The van der Waals surface area contributed by atoms with Gasteiger partial charge in [0.1, 0.15) is 0 Å². The quantitative estimate of drug-likeness (QED) is 0.279. The fraction of sp³-hybridized carbons (Fsp3) is 0.562. The maximum atomic E-state index is 5.41. The molecule has 0 saturated carbocycles. The minimum absolute atomic E-state index is 0. The number of hydrogen-bond donors (Lipinski definition) is 2. The lowest BCUT2D eigenvalue weighted by Crippen LogP contribution is -2.39. The van der Waals surface area contributed by atoms with Crippen molar-refractivity contribution in [3.63, 3.8) is 0 Å². The lowest BCUT2D eigenvalue weighted by atomic mass is 10.1. The van der Waals surface area contributed by atoms with E-state index in [-0.39, 0.29) is 30.0 Å². The van der Waals surface area contributed by atoms with Crippen LogP contribution in [0.1, 0.15) is 24.9 Å². The SMILES string of the molecule is CN=C(NCCCOCCOC)NC(C)c1ccccc1.I. The molecule has 22 heavy (non-hydrogen) atoms. The van der Waals surface area contributed by atoms with Gasteiger partial charge in [0.05, 0.1) is 19.3 Å². The summed E-state index contributed by atoms with van der Waals surface area (Å²) >= 11 is 0. The number of halogens is 1. The van der Waals surface area contributed by atoms with Gasteiger partial charge < -0.3 is 20.1 Å². The second-order valence-electron chi connectivity index (χ2n) is 4.73. The fourth-order valence-electron chi connectivity index (χ4n) is 1.85. The van der Waals surface area contributed by atoms with E-state index in [4.69, 9.17) is 9.47 Å². The van der Waals surface area contributed by atoms with Crippen LogP contribution in [0.2, 0.25) is 0 Å². The molecule has 0 aromatic heterocycles. The van der Waals surface area contributed by atoms with Gasteiger partial charge in [0, 0.05) is 27.3 Å². The molecule has 0 radical (unpaired) electrons. The van der Waals surface area contributed by atoms with Crippen LogP contribution in [-0.4, -0.2) is 46.5 Å². The molecule has 1 rings (SSSR count). The standard InChI is InChI=1S/C16H27N3O2.HI/c1-14(15-8-5-4-6-9-15)19-16(17-2)18-10-7-11-21-13-12-20-3;/h4-6,8-9,14H,7,10-13H2,1-3H3,(H2,17,18,19);1H. The summed E-state index contributed by atoms with van der Waals surface area (Å²) in [6.07, 6.45) is 0.935. The van der Waals surface area contributed by atoms with E-state index in [0.717, 1.165) is 25.5 Å². The van der Waals surface area contributed by atoms with Gasteiger partial charge in [-0.1, -0.05) is 30.3 Å². The summed E-state index contributed by atoms with van der Waals surface area (Å²) in [5, 5.41) is 6.66. The first-order valence-corrected chi connectivity index (χ1v) is 7.36. The molecule has 0 aliphatic heterocycles. The second kappa shape index (κ2) is 13.8. The first-order chi connectivity index (χ1) is 10.3. The Kier molecular flexibility index (Phi) is 13.2. The van der Waals surface area contributed by atoms with Crippen molar-refractivity contribution in [3.8, 4) is 0 Å². The molecule has 0 heterocycles. The minimum Gasteiger partial charge on any atom is -0.382 e. The Morgan fingerprint density at radius 1 is 1.18 bits per heavy atom. The molecule has 6 heteroatoms. The molecule has 0 fully saturated rings. The third-order valence-corrected chi connectivity index (χ3v) is 3.07. The van der Waals surface area contributed by atoms with Crippen molar-refractivity contribution in [1.82, 2.24) is 10.6 Å². The molecule has 0 spiro atoms. The minimum atomic E-state index is 0. The van der Waals surface area contributed by atoms with E-state index < -0.39 is 0 Å². The summed E-state index contributed by atoms with van der Waals surface area (Å²) in [5.41, 5.74) is 1.24. The van der Waals surface area contributed by atoms with Crippen LogP contribution in [0, 0.1) is 0 Å². The Balaban J connectivity index is 0.00000441. The molecule has 1 aromatic carbocycles. The van der Waals surface area contributed by atoms with E-state index in [2.05, 4.69) is 34.7 Å². The van der Waals surface area contributed by atoms with E-state index in [1.807, 2.05) is 18.2 Å². The van der Waals surface area contributed by atoms with E-state index >= 15 is 0 Å². The maximum absolute atomic E-state index is 5.41. The number of guanidine groups is 1. The van der Waals surface area contributed by atoms with Crippen molar-refractivity contribution in [2.24, 2.45) is 4.99 Å². The van der Waals surface area contributed by atoms with Gasteiger partial charge in [0.25, 0.3) is 0 Å². The van der Waals surface area contributed by atoms with Gasteiger partial charge >= 0.3 is 0 Å². The Labute approximate surface area is 150 Å². The average molecular weight is 421 g/mol. The molecule has 0 saturated heterocycles. The Morgan fingerprint density at radius 2 is 1.91 bits per heavy atom. The molecule has 2 N–H and O–H groups in total. The Hall–Kier alpha value is -0.860.